The molecule has 0 N–H and O–H groups in total. The number of halogens is 5. The standard InChI is InChI=1S/C15H15F5O4/c1-2-3-8-23-12(21)10-4-6-11(7-5-10)13(22)24-9-14(16,17)15(18,19)20/h4-7H,2-3,8-9H2,1H3. The number of hydrogen-bond donors (Lipinski definition) is 0. The van der Waals surface area contributed by atoms with Crippen molar-refractivity contribution in [2.24, 2.45) is 0 Å². The van der Waals surface area contributed by atoms with Crippen LogP contribution in [0.15, 0.2) is 24.3 Å². The van der Waals surface area contributed by atoms with Crippen LogP contribution in [-0.4, -0.2) is 37.3 Å². The molecule has 134 valence electrons. The van der Waals surface area contributed by atoms with Crippen LogP contribution in [0.5, 0.6) is 0 Å². The lowest BCUT2D eigenvalue weighted by Gasteiger charge is -2.19. The molecule has 1 rings (SSSR count). The van der Waals surface area contributed by atoms with Gasteiger partial charge in [0.05, 0.1) is 17.7 Å². The Morgan fingerprint density at radius 3 is 1.79 bits per heavy atom. The Morgan fingerprint density at radius 2 is 1.38 bits per heavy atom. The van der Waals surface area contributed by atoms with E-state index in [9.17, 15) is 31.5 Å². The number of rotatable bonds is 7. The minimum absolute atomic E-state index is 0.114. The van der Waals surface area contributed by atoms with E-state index in [1.807, 2.05) is 6.92 Å². The molecule has 0 unspecified atom stereocenters. The first-order valence-electron chi connectivity index (χ1n) is 6.97. The molecule has 1 aromatic carbocycles. The van der Waals surface area contributed by atoms with E-state index in [2.05, 4.69) is 4.74 Å². The van der Waals surface area contributed by atoms with Gasteiger partial charge in [0.2, 0.25) is 0 Å². The van der Waals surface area contributed by atoms with Crippen molar-refractivity contribution in [2.75, 3.05) is 13.2 Å². The number of ether oxygens (including phenoxy) is 2. The Morgan fingerprint density at radius 1 is 0.917 bits per heavy atom. The lowest BCUT2D eigenvalue weighted by Crippen LogP contribution is -2.41. The van der Waals surface area contributed by atoms with Crippen LogP contribution in [-0.2, 0) is 9.47 Å². The van der Waals surface area contributed by atoms with E-state index in [1.165, 1.54) is 12.1 Å². The second-order valence-corrected chi connectivity index (χ2v) is 4.85. The summed E-state index contributed by atoms with van der Waals surface area (Å²) >= 11 is 0. The highest BCUT2D eigenvalue weighted by atomic mass is 19.4. The minimum Gasteiger partial charge on any atom is -0.462 e. The van der Waals surface area contributed by atoms with Gasteiger partial charge in [-0.1, -0.05) is 13.3 Å². The second-order valence-electron chi connectivity index (χ2n) is 4.85. The predicted octanol–water partition coefficient (Wildman–Crippen LogP) is 4.00. The number of hydrogen-bond acceptors (Lipinski definition) is 4. The highest BCUT2D eigenvalue weighted by molar-refractivity contribution is 5.93. The summed E-state index contributed by atoms with van der Waals surface area (Å²) in [5.41, 5.74) is -0.152. The number of carbonyl (C=O) groups excluding carboxylic acids is 2. The van der Waals surface area contributed by atoms with Crippen molar-refractivity contribution in [2.45, 2.75) is 31.9 Å². The molecule has 0 aliphatic rings. The fraction of sp³-hybridized carbons (Fsp3) is 0.467. The Hall–Kier alpha value is -2.19. The molecule has 24 heavy (non-hydrogen) atoms. The van der Waals surface area contributed by atoms with Crippen LogP contribution in [0.1, 0.15) is 40.5 Å². The van der Waals surface area contributed by atoms with Gasteiger partial charge in [-0.05, 0) is 30.7 Å². The molecular weight excluding hydrogens is 339 g/mol. The van der Waals surface area contributed by atoms with E-state index in [0.29, 0.717) is 6.42 Å². The molecule has 0 heterocycles. The average Bonchev–Trinajstić information content (AvgIpc) is 2.52. The maximum Gasteiger partial charge on any atom is 0.456 e. The highest BCUT2D eigenvalue weighted by Crippen LogP contribution is 2.35. The molecule has 0 saturated carbocycles. The SMILES string of the molecule is CCCCOC(=O)c1ccc(C(=O)OCC(F)(F)C(F)(F)F)cc1. The molecule has 0 saturated heterocycles. The summed E-state index contributed by atoms with van der Waals surface area (Å²) in [5.74, 6) is -7.12. The lowest BCUT2D eigenvalue weighted by molar-refractivity contribution is -0.292. The van der Waals surface area contributed by atoms with Crippen molar-refractivity contribution in [3.63, 3.8) is 0 Å². The van der Waals surface area contributed by atoms with E-state index in [0.717, 1.165) is 18.6 Å². The zero-order valence-electron chi connectivity index (χ0n) is 12.7. The third kappa shape index (κ3) is 5.47. The van der Waals surface area contributed by atoms with E-state index >= 15 is 0 Å². The Kier molecular flexibility index (Phi) is 6.68. The van der Waals surface area contributed by atoms with Crippen molar-refractivity contribution in [1.29, 1.82) is 0 Å². The smallest absolute Gasteiger partial charge is 0.456 e. The first-order valence-corrected chi connectivity index (χ1v) is 6.97. The molecular formula is C15H15F5O4. The summed E-state index contributed by atoms with van der Waals surface area (Å²) < 4.78 is 70.1. The molecule has 0 aliphatic heterocycles. The Bertz CT molecular complexity index is 566. The van der Waals surface area contributed by atoms with E-state index in [1.54, 1.807) is 0 Å². The molecule has 4 nitrogen and oxygen atoms in total. The van der Waals surface area contributed by atoms with Gasteiger partial charge in [-0.25, -0.2) is 9.59 Å². The molecule has 0 aliphatic carbocycles. The summed E-state index contributed by atoms with van der Waals surface area (Å²) in [6.07, 6.45) is -4.29. The Labute approximate surface area is 134 Å². The molecule has 0 spiro atoms. The number of carbonyl (C=O) groups is 2. The van der Waals surface area contributed by atoms with Crippen LogP contribution >= 0.6 is 0 Å². The van der Waals surface area contributed by atoms with Gasteiger partial charge in [0.15, 0.2) is 6.61 Å². The maximum atomic E-state index is 12.7. The molecule has 0 bridgehead atoms. The maximum absolute atomic E-state index is 12.7. The summed E-state index contributed by atoms with van der Waals surface area (Å²) in [5, 5.41) is 0. The topological polar surface area (TPSA) is 52.6 Å². The second kappa shape index (κ2) is 8.07. The van der Waals surface area contributed by atoms with Crippen molar-refractivity contribution >= 4 is 11.9 Å². The first kappa shape index (κ1) is 19.9. The van der Waals surface area contributed by atoms with Gasteiger partial charge in [0, 0.05) is 0 Å². The van der Waals surface area contributed by atoms with E-state index in [-0.39, 0.29) is 17.7 Å². The first-order chi connectivity index (χ1) is 11.1. The van der Waals surface area contributed by atoms with E-state index < -0.39 is 30.6 Å². The van der Waals surface area contributed by atoms with Gasteiger partial charge in [-0.3, -0.25) is 0 Å². The van der Waals surface area contributed by atoms with Crippen LogP contribution in [0.2, 0.25) is 0 Å². The molecule has 0 fully saturated rings. The van der Waals surface area contributed by atoms with Gasteiger partial charge >= 0.3 is 24.0 Å². The number of alkyl halides is 5. The molecule has 0 atom stereocenters. The van der Waals surface area contributed by atoms with Crippen LogP contribution in [0.3, 0.4) is 0 Å². The fourth-order valence-corrected chi connectivity index (χ4v) is 1.46. The fourth-order valence-electron chi connectivity index (χ4n) is 1.46. The normalized spacial score (nSPS) is 11.9. The molecule has 0 aromatic heterocycles. The zero-order valence-corrected chi connectivity index (χ0v) is 12.7. The largest absolute Gasteiger partial charge is 0.462 e. The average molecular weight is 354 g/mol. The third-order valence-corrected chi connectivity index (χ3v) is 2.89. The Balaban J connectivity index is 2.62. The predicted molar refractivity (Wildman–Crippen MR) is 72.9 cm³/mol. The molecule has 9 heteroatoms. The monoisotopic (exact) mass is 354 g/mol. The van der Waals surface area contributed by atoms with Gasteiger partial charge < -0.3 is 9.47 Å². The number of esters is 2. The molecule has 0 amide bonds. The minimum atomic E-state index is -5.81. The summed E-state index contributed by atoms with van der Waals surface area (Å²) in [4.78, 5) is 23.1. The van der Waals surface area contributed by atoms with Crippen molar-refractivity contribution in [3.05, 3.63) is 35.4 Å². The quantitative estimate of drug-likeness (QED) is 0.422. The highest BCUT2D eigenvalue weighted by Gasteiger charge is 2.58. The van der Waals surface area contributed by atoms with Gasteiger partial charge in [0.25, 0.3) is 0 Å². The van der Waals surface area contributed by atoms with E-state index in [4.69, 9.17) is 4.74 Å². The third-order valence-electron chi connectivity index (χ3n) is 2.89. The zero-order chi connectivity index (χ0) is 18.4. The van der Waals surface area contributed by atoms with Crippen LogP contribution in [0.25, 0.3) is 0 Å². The molecule has 0 radical (unpaired) electrons. The number of benzene rings is 1. The van der Waals surface area contributed by atoms with Crippen LogP contribution < -0.4 is 0 Å². The molecule has 1 aromatic rings. The summed E-state index contributed by atoms with van der Waals surface area (Å²) in [6.45, 7) is 0.0261. The summed E-state index contributed by atoms with van der Waals surface area (Å²) in [6, 6.07) is 4.52. The number of unbranched alkanes of at least 4 members (excludes halogenated alkanes) is 1. The van der Waals surface area contributed by atoms with Crippen molar-refractivity contribution in [3.8, 4) is 0 Å². The lowest BCUT2D eigenvalue weighted by atomic mass is 10.1. The van der Waals surface area contributed by atoms with Crippen LogP contribution in [0.4, 0.5) is 22.0 Å². The van der Waals surface area contributed by atoms with Gasteiger partial charge in [0.1, 0.15) is 0 Å². The summed E-state index contributed by atoms with van der Waals surface area (Å²) in [7, 11) is 0. The van der Waals surface area contributed by atoms with Gasteiger partial charge in [-0.15, -0.1) is 0 Å². The van der Waals surface area contributed by atoms with Crippen molar-refractivity contribution < 1.29 is 41.0 Å². The van der Waals surface area contributed by atoms with Crippen LogP contribution in [0, 0.1) is 0 Å². The van der Waals surface area contributed by atoms with Gasteiger partial charge in [-0.2, -0.15) is 22.0 Å². The van der Waals surface area contributed by atoms with Crippen molar-refractivity contribution in [1.82, 2.24) is 0 Å².